The summed E-state index contributed by atoms with van der Waals surface area (Å²) in [5.41, 5.74) is -2.65. The number of aliphatic hydroxyl groups excluding tert-OH is 1. The van der Waals surface area contributed by atoms with Crippen molar-refractivity contribution in [1.29, 1.82) is 0 Å². The molecule has 4 aliphatic rings. The Labute approximate surface area is 238 Å². The second kappa shape index (κ2) is 9.91. The van der Waals surface area contributed by atoms with E-state index >= 15 is 0 Å². The maximum atomic E-state index is 14.6. The number of amides is 1. The maximum absolute atomic E-state index is 14.6. The van der Waals surface area contributed by atoms with Gasteiger partial charge in [0.25, 0.3) is 0 Å². The molecular formula is C32H35NO8. The van der Waals surface area contributed by atoms with Gasteiger partial charge in [0.15, 0.2) is 23.1 Å². The summed E-state index contributed by atoms with van der Waals surface area (Å²) in [6.45, 7) is 8.31. The number of rotatable bonds is 2. The first kappa shape index (κ1) is 28.7. The zero-order chi connectivity index (χ0) is 30.1. The molecule has 1 aliphatic heterocycles. The number of carbonyl (C=O) groups is 5. The molecule has 7 atom stereocenters. The minimum atomic E-state index is -1.74. The number of hydrogen-bond donors (Lipinski definition) is 4. The van der Waals surface area contributed by atoms with E-state index in [1.165, 1.54) is 26.0 Å². The Kier molecular flexibility index (Phi) is 6.93. The molecule has 1 amide bonds. The van der Waals surface area contributed by atoms with Gasteiger partial charge in [-0.05, 0) is 24.8 Å². The molecule has 1 aromatic rings. The molecule has 4 N–H and O–H groups in total. The Balaban J connectivity index is 1.88. The van der Waals surface area contributed by atoms with Crippen LogP contribution in [-0.4, -0.2) is 56.0 Å². The average Bonchev–Trinajstić information content (AvgIpc) is 3.27. The van der Waals surface area contributed by atoms with Crippen molar-refractivity contribution in [2.45, 2.75) is 59.1 Å². The molecule has 1 aromatic carbocycles. The highest BCUT2D eigenvalue weighted by Gasteiger charge is 2.65. The first-order chi connectivity index (χ1) is 19.2. The van der Waals surface area contributed by atoms with Crippen molar-refractivity contribution >= 4 is 29.0 Å². The lowest BCUT2D eigenvalue weighted by Gasteiger charge is -2.47. The van der Waals surface area contributed by atoms with Crippen LogP contribution in [0.2, 0.25) is 0 Å². The third-order valence-corrected chi connectivity index (χ3v) is 9.11. The topological polar surface area (TPSA) is 158 Å². The Bertz CT molecular complexity index is 1500. The summed E-state index contributed by atoms with van der Waals surface area (Å²) < 4.78 is 0. The number of phenols is 2. The van der Waals surface area contributed by atoms with Gasteiger partial charge in [0.05, 0.1) is 23.1 Å². The van der Waals surface area contributed by atoms with Gasteiger partial charge in [-0.2, -0.15) is 0 Å². The van der Waals surface area contributed by atoms with Crippen molar-refractivity contribution in [2.75, 3.05) is 0 Å². The van der Waals surface area contributed by atoms with Crippen molar-refractivity contribution in [3.05, 3.63) is 58.2 Å². The van der Waals surface area contributed by atoms with Gasteiger partial charge < -0.3 is 20.6 Å². The molecule has 1 spiro atoms. The van der Waals surface area contributed by atoms with Crippen LogP contribution in [0, 0.1) is 42.4 Å². The van der Waals surface area contributed by atoms with E-state index in [4.69, 9.17) is 0 Å². The van der Waals surface area contributed by atoms with Crippen LogP contribution in [-0.2, 0) is 9.59 Å². The Morgan fingerprint density at radius 2 is 1.56 bits per heavy atom. The molecule has 1 fully saturated rings. The Morgan fingerprint density at radius 3 is 2.22 bits per heavy atom. The first-order valence-electron chi connectivity index (χ1n) is 14.0. The molecule has 0 radical (unpaired) electrons. The largest absolute Gasteiger partial charge is 0.507 e. The minimum Gasteiger partial charge on any atom is -0.507 e. The molecule has 1 heterocycles. The van der Waals surface area contributed by atoms with E-state index < -0.39 is 81.6 Å². The summed E-state index contributed by atoms with van der Waals surface area (Å²) in [6.07, 6.45) is 6.89. The van der Waals surface area contributed by atoms with Gasteiger partial charge in [-0.15, -0.1) is 0 Å². The fraction of sp³-hybridized carbons (Fsp3) is 0.469. The van der Waals surface area contributed by atoms with Gasteiger partial charge in [0, 0.05) is 41.2 Å². The van der Waals surface area contributed by atoms with Crippen LogP contribution >= 0.6 is 0 Å². The summed E-state index contributed by atoms with van der Waals surface area (Å²) >= 11 is 0. The molecule has 9 heteroatoms. The smallest absolute Gasteiger partial charge is 0.221 e. The zero-order valence-electron chi connectivity index (χ0n) is 23.7. The normalized spacial score (nSPS) is 35.1. The molecule has 0 aromatic heterocycles. The number of aliphatic hydroxyl groups is 1. The lowest BCUT2D eigenvalue weighted by Crippen LogP contribution is -2.65. The van der Waals surface area contributed by atoms with Crippen LogP contribution in [0.1, 0.15) is 77.2 Å². The van der Waals surface area contributed by atoms with Gasteiger partial charge in [-0.25, -0.2) is 0 Å². The Morgan fingerprint density at radius 1 is 0.902 bits per heavy atom. The highest BCUT2D eigenvalue weighted by atomic mass is 16.3. The summed E-state index contributed by atoms with van der Waals surface area (Å²) in [7, 11) is 0. The van der Waals surface area contributed by atoms with Crippen molar-refractivity contribution < 1.29 is 39.3 Å². The molecular weight excluding hydrogens is 526 g/mol. The van der Waals surface area contributed by atoms with E-state index in [9.17, 15) is 39.3 Å². The predicted octanol–water partition coefficient (Wildman–Crippen LogP) is 3.39. The number of nitrogens with one attached hydrogen (secondary N) is 1. The van der Waals surface area contributed by atoms with Crippen LogP contribution in [0.25, 0.3) is 0 Å². The SMILES string of the molecule is Cc1c(O)c2c3c(c1O)C(=O)[C@@]14NC(=O)C[C@H]1C=C[C@H](/C=C(/CC(C)C)C(=O)[C@@H](C)[C@@H](O)/C=C/[C@@H](C)C2=O)[C@H]4C3=O. The van der Waals surface area contributed by atoms with E-state index in [0.29, 0.717) is 12.0 Å². The highest BCUT2D eigenvalue weighted by Crippen LogP contribution is 2.54. The van der Waals surface area contributed by atoms with Gasteiger partial charge in [-0.3, -0.25) is 24.0 Å². The third kappa shape index (κ3) is 4.12. The highest BCUT2D eigenvalue weighted by molar-refractivity contribution is 6.27. The van der Waals surface area contributed by atoms with Crippen molar-refractivity contribution in [3.63, 3.8) is 0 Å². The molecule has 5 rings (SSSR count). The molecule has 1 saturated heterocycles. The quantitative estimate of drug-likeness (QED) is 0.400. The maximum Gasteiger partial charge on any atom is 0.221 e. The van der Waals surface area contributed by atoms with Crippen molar-refractivity contribution in [1.82, 2.24) is 5.32 Å². The molecule has 41 heavy (non-hydrogen) atoms. The van der Waals surface area contributed by atoms with Gasteiger partial charge >= 0.3 is 0 Å². The molecule has 0 unspecified atom stereocenters. The molecule has 3 aliphatic carbocycles. The number of ketones is 4. The number of hydrogen-bond acceptors (Lipinski definition) is 8. The van der Waals surface area contributed by atoms with Crippen LogP contribution in [0.3, 0.4) is 0 Å². The van der Waals surface area contributed by atoms with E-state index in [2.05, 4.69) is 5.32 Å². The zero-order valence-corrected chi connectivity index (χ0v) is 23.7. The van der Waals surface area contributed by atoms with E-state index in [-0.39, 0.29) is 34.8 Å². The second-order valence-electron chi connectivity index (χ2n) is 12.3. The van der Waals surface area contributed by atoms with Gasteiger partial charge in [0.1, 0.15) is 17.0 Å². The van der Waals surface area contributed by atoms with Crippen LogP contribution in [0.15, 0.2) is 36.0 Å². The summed E-state index contributed by atoms with van der Waals surface area (Å²) in [5.74, 6) is -8.60. The number of benzene rings is 1. The number of carbonyl (C=O) groups excluding carboxylic acids is 5. The summed E-state index contributed by atoms with van der Waals surface area (Å²) in [5, 5.41) is 35.8. The molecule has 0 saturated carbocycles. The van der Waals surface area contributed by atoms with E-state index in [0.717, 1.165) is 0 Å². The second-order valence-corrected chi connectivity index (χ2v) is 12.3. The first-order valence-corrected chi connectivity index (χ1v) is 14.0. The fourth-order valence-corrected chi connectivity index (χ4v) is 6.89. The Hall–Kier alpha value is -3.85. The summed E-state index contributed by atoms with van der Waals surface area (Å²) in [4.78, 5) is 69.3. The third-order valence-electron chi connectivity index (χ3n) is 9.11. The summed E-state index contributed by atoms with van der Waals surface area (Å²) in [6, 6.07) is 0. The van der Waals surface area contributed by atoms with Crippen molar-refractivity contribution in [2.24, 2.45) is 35.5 Å². The standard InChI is InChI=1S/C32H35NO8/c1-13(2)10-18-11-17-7-8-19-12-21(35)33-32(19)25(17)30(40)22-23(28(38)16(5)29(39)24(22)31(32)41)26(36)14(3)6-9-20(34)15(4)27(18)37/h6-9,11,13-15,17,19-20,25,34,38-39H,10,12H2,1-5H3,(H,33,35)/b9-6+,18-11-/t14-,15+,17-,19-,20+,25+,32-/m1/s1. The van der Waals surface area contributed by atoms with Crippen LogP contribution in [0.4, 0.5) is 0 Å². The van der Waals surface area contributed by atoms with Crippen molar-refractivity contribution in [3.8, 4) is 11.5 Å². The molecule has 2 bridgehead atoms. The predicted molar refractivity (Wildman–Crippen MR) is 149 cm³/mol. The molecule has 9 nitrogen and oxygen atoms in total. The van der Waals surface area contributed by atoms with Gasteiger partial charge in [0.2, 0.25) is 5.91 Å². The van der Waals surface area contributed by atoms with Crippen LogP contribution < -0.4 is 5.32 Å². The van der Waals surface area contributed by atoms with E-state index in [1.807, 2.05) is 13.8 Å². The number of allylic oxidation sites excluding steroid dienone is 4. The average molecular weight is 562 g/mol. The van der Waals surface area contributed by atoms with Crippen LogP contribution in [0.5, 0.6) is 11.5 Å². The lowest BCUT2D eigenvalue weighted by molar-refractivity contribution is -0.121. The lowest BCUT2D eigenvalue weighted by atomic mass is 9.56. The van der Waals surface area contributed by atoms with Gasteiger partial charge in [-0.1, -0.05) is 58.1 Å². The monoisotopic (exact) mass is 561 g/mol. The number of Topliss-reactive ketones (excluding diaryl/α,β-unsaturated/α-hetero) is 4. The number of aromatic hydroxyl groups is 2. The van der Waals surface area contributed by atoms with E-state index in [1.54, 1.807) is 25.2 Å². The molecule has 216 valence electrons. The fourth-order valence-electron chi connectivity index (χ4n) is 6.89. The minimum absolute atomic E-state index is 0.0509. The number of phenolic OH excluding ortho intramolecular Hbond substituents is 2.